The number of benzene rings is 2. The van der Waals surface area contributed by atoms with Gasteiger partial charge in [0.15, 0.2) is 6.61 Å². The monoisotopic (exact) mass is 325 g/mol. The van der Waals surface area contributed by atoms with Crippen molar-refractivity contribution in [2.24, 2.45) is 5.73 Å². The van der Waals surface area contributed by atoms with Crippen LogP contribution < -0.4 is 5.73 Å². The average Bonchev–Trinajstić information content (AvgIpc) is 2.58. The third-order valence-electron chi connectivity index (χ3n) is 2.76. The maximum absolute atomic E-state index is 12.1. The molecule has 0 bridgehead atoms. The Hall–Kier alpha value is -2.71. The average molecular weight is 325 g/mol. The fraction of sp³-hybridized carbons (Fsp3) is 0.111. The molecular weight excluding hydrogens is 310 g/mol. The third-order valence-corrected chi connectivity index (χ3v) is 3.85. The molecule has 0 aliphatic carbocycles. The van der Waals surface area contributed by atoms with Gasteiger partial charge in [-0.25, -0.2) is 4.79 Å². The van der Waals surface area contributed by atoms with E-state index in [9.17, 15) is 9.59 Å². The SMILES string of the molecule is NC(=O)CSc1ccccc1C(=O)OCC#Cc1ccccc1. The lowest BCUT2D eigenvalue weighted by Crippen LogP contribution is -2.14. The normalized spacial score (nSPS) is 9.57. The highest BCUT2D eigenvalue weighted by molar-refractivity contribution is 8.00. The van der Waals surface area contributed by atoms with Gasteiger partial charge in [0.25, 0.3) is 0 Å². The summed E-state index contributed by atoms with van der Waals surface area (Å²) in [4.78, 5) is 23.6. The van der Waals surface area contributed by atoms with E-state index in [1.54, 1.807) is 24.3 Å². The molecule has 2 rings (SSSR count). The second-order valence-corrected chi connectivity index (χ2v) is 5.51. The van der Waals surface area contributed by atoms with Crippen LogP contribution >= 0.6 is 11.8 Å². The zero-order valence-corrected chi connectivity index (χ0v) is 13.1. The van der Waals surface area contributed by atoms with Crippen molar-refractivity contribution in [1.82, 2.24) is 0 Å². The largest absolute Gasteiger partial charge is 0.449 e. The van der Waals surface area contributed by atoms with Crippen LogP contribution in [0.15, 0.2) is 59.5 Å². The first-order valence-electron chi connectivity index (χ1n) is 6.88. The van der Waals surface area contributed by atoms with Crippen LogP contribution in [0.5, 0.6) is 0 Å². The minimum absolute atomic E-state index is 0.00253. The van der Waals surface area contributed by atoms with Crippen LogP contribution in [-0.2, 0) is 9.53 Å². The number of rotatable bonds is 5. The summed E-state index contributed by atoms with van der Waals surface area (Å²) in [5.74, 6) is 4.91. The summed E-state index contributed by atoms with van der Waals surface area (Å²) in [5, 5.41) is 0. The number of hydrogen-bond donors (Lipinski definition) is 1. The van der Waals surface area contributed by atoms with Crippen LogP contribution in [0.3, 0.4) is 0 Å². The van der Waals surface area contributed by atoms with Crippen molar-refractivity contribution in [1.29, 1.82) is 0 Å². The highest BCUT2D eigenvalue weighted by Gasteiger charge is 2.12. The van der Waals surface area contributed by atoms with Crippen molar-refractivity contribution < 1.29 is 14.3 Å². The van der Waals surface area contributed by atoms with E-state index in [0.29, 0.717) is 10.5 Å². The molecule has 5 heteroatoms. The number of thioether (sulfide) groups is 1. The molecule has 0 aliphatic heterocycles. The van der Waals surface area contributed by atoms with E-state index in [-0.39, 0.29) is 12.4 Å². The van der Waals surface area contributed by atoms with Gasteiger partial charge in [-0.2, -0.15) is 0 Å². The number of esters is 1. The van der Waals surface area contributed by atoms with Crippen molar-refractivity contribution >= 4 is 23.6 Å². The fourth-order valence-electron chi connectivity index (χ4n) is 1.75. The smallest absolute Gasteiger partial charge is 0.340 e. The van der Waals surface area contributed by atoms with Gasteiger partial charge in [0.05, 0.1) is 11.3 Å². The first kappa shape index (κ1) is 16.7. The van der Waals surface area contributed by atoms with Crippen LogP contribution in [-0.4, -0.2) is 24.2 Å². The maximum Gasteiger partial charge on any atom is 0.340 e. The summed E-state index contributed by atoms with van der Waals surface area (Å²) in [6.45, 7) is 0.00253. The third kappa shape index (κ3) is 5.53. The van der Waals surface area contributed by atoms with Crippen molar-refractivity contribution in [3.8, 4) is 11.8 Å². The Kier molecular flexibility index (Phi) is 6.28. The summed E-state index contributed by atoms with van der Waals surface area (Å²) in [6, 6.07) is 16.4. The van der Waals surface area contributed by atoms with E-state index in [1.165, 1.54) is 11.8 Å². The minimum atomic E-state index is -0.472. The van der Waals surface area contributed by atoms with Gasteiger partial charge in [-0.1, -0.05) is 42.2 Å². The molecule has 0 unspecified atom stereocenters. The van der Waals surface area contributed by atoms with Gasteiger partial charge < -0.3 is 10.5 Å². The molecule has 0 atom stereocenters. The zero-order valence-electron chi connectivity index (χ0n) is 12.3. The molecule has 0 heterocycles. The zero-order chi connectivity index (χ0) is 16.5. The number of hydrogen-bond acceptors (Lipinski definition) is 4. The second-order valence-electron chi connectivity index (χ2n) is 4.50. The summed E-state index contributed by atoms with van der Waals surface area (Å²) >= 11 is 1.21. The van der Waals surface area contributed by atoms with E-state index in [2.05, 4.69) is 11.8 Å². The molecule has 0 radical (unpaired) electrons. The number of carbonyl (C=O) groups excluding carboxylic acids is 2. The maximum atomic E-state index is 12.1. The minimum Gasteiger partial charge on any atom is -0.449 e. The highest BCUT2D eigenvalue weighted by atomic mass is 32.2. The van der Waals surface area contributed by atoms with Gasteiger partial charge in [-0.3, -0.25) is 4.79 Å². The predicted octanol–water partition coefficient (Wildman–Crippen LogP) is 2.47. The molecule has 2 aromatic carbocycles. The summed E-state index contributed by atoms with van der Waals surface area (Å²) in [6.07, 6.45) is 0. The molecule has 0 aromatic heterocycles. The molecule has 2 N–H and O–H groups in total. The lowest BCUT2D eigenvalue weighted by molar-refractivity contribution is -0.115. The Bertz CT molecular complexity index is 748. The van der Waals surface area contributed by atoms with Crippen molar-refractivity contribution in [3.05, 3.63) is 65.7 Å². The first-order chi connectivity index (χ1) is 11.2. The number of carbonyl (C=O) groups is 2. The standard InChI is InChI=1S/C18H15NO3S/c19-17(20)13-23-16-11-5-4-10-15(16)18(21)22-12-6-9-14-7-2-1-3-8-14/h1-5,7-8,10-11H,12-13H2,(H2,19,20). The van der Waals surface area contributed by atoms with Crippen LogP contribution in [0, 0.1) is 11.8 Å². The quantitative estimate of drug-likeness (QED) is 0.521. The molecule has 4 nitrogen and oxygen atoms in total. The van der Waals surface area contributed by atoms with Crippen LogP contribution in [0.25, 0.3) is 0 Å². The first-order valence-corrected chi connectivity index (χ1v) is 7.86. The molecule has 0 aliphatic rings. The summed E-state index contributed by atoms with van der Waals surface area (Å²) < 4.78 is 5.16. The van der Waals surface area contributed by atoms with Crippen LogP contribution in [0.2, 0.25) is 0 Å². The molecule has 23 heavy (non-hydrogen) atoms. The number of amides is 1. The number of ether oxygens (including phenoxy) is 1. The van der Waals surface area contributed by atoms with E-state index in [4.69, 9.17) is 10.5 Å². The Labute approximate surface area is 139 Å². The van der Waals surface area contributed by atoms with Crippen LogP contribution in [0.1, 0.15) is 15.9 Å². The van der Waals surface area contributed by atoms with Crippen molar-refractivity contribution in [3.63, 3.8) is 0 Å². The van der Waals surface area contributed by atoms with Crippen molar-refractivity contribution in [2.75, 3.05) is 12.4 Å². The Morgan fingerprint density at radius 1 is 1.04 bits per heavy atom. The lowest BCUT2D eigenvalue weighted by Gasteiger charge is -2.06. The highest BCUT2D eigenvalue weighted by Crippen LogP contribution is 2.22. The summed E-state index contributed by atoms with van der Waals surface area (Å²) in [5.41, 5.74) is 6.39. The Morgan fingerprint density at radius 3 is 2.48 bits per heavy atom. The lowest BCUT2D eigenvalue weighted by atomic mass is 10.2. The van der Waals surface area contributed by atoms with E-state index < -0.39 is 11.9 Å². The number of nitrogens with two attached hydrogens (primary N) is 1. The molecule has 0 spiro atoms. The van der Waals surface area contributed by atoms with Gasteiger partial charge in [0.2, 0.25) is 5.91 Å². The Balaban J connectivity index is 1.96. The molecular formula is C18H15NO3S. The number of primary amides is 1. The van der Waals surface area contributed by atoms with Crippen molar-refractivity contribution in [2.45, 2.75) is 4.90 Å². The molecule has 2 aromatic rings. The second kappa shape index (κ2) is 8.66. The van der Waals surface area contributed by atoms with Gasteiger partial charge in [0.1, 0.15) is 0 Å². The predicted molar refractivity (Wildman–Crippen MR) is 90.0 cm³/mol. The van der Waals surface area contributed by atoms with Gasteiger partial charge in [-0.15, -0.1) is 11.8 Å². The Morgan fingerprint density at radius 2 is 1.74 bits per heavy atom. The molecule has 0 saturated heterocycles. The van der Waals surface area contributed by atoms with E-state index in [1.807, 2.05) is 30.3 Å². The molecule has 116 valence electrons. The molecule has 1 amide bonds. The molecule has 0 saturated carbocycles. The summed E-state index contributed by atoms with van der Waals surface area (Å²) in [7, 11) is 0. The van der Waals surface area contributed by atoms with Gasteiger partial charge in [-0.05, 0) is 24.3 Å². The fourth-order valence-corrected chi connectivity index (χ4v) is 2.53. The van der Waals surface area contributed by atoms with Gasteiger partial charge in [0, 0.05) is 10.5 Å². The van der Waals surface area contributed by atoms with Gasteiger partial charge >= 0.3 is 5.97 Å². The van der Waals surface area contributed by atoms with Crippen LogP contribution in [0.4, 0.5) is 0 Å². The molecule has 0 fully saturated rings. The van der Waals surface area contributed by atoms with E-state index >= 15 is 0 Å². The van der Waals surface area contributed by atoms with E-state index in [0.717, 1.165) is 5.56 Å². The topological polar surface area (TPSA) is 69.4 Å².